The maximum atomic E-state index is 4.27. The number of aryl methyl sites for hydroxylation is 1. The van der Waals surface area contributed by atoms with E-state index in [-0.39, 0.29) is 0 Å². The third kappa shape index (κ3) is 3.74. The summed E-state index contributed by atoms with van der Waals surface area (Å²) in [4.78, 5) is 9.00. The van der Waals surface area contributed by atoms with Crippen molar-refractivity contribution in [3.8, 4) is 0 Å². The number of alkyl halides is 1. The minimum absolute atomic E-state index is 0.548. The minimum Gasteiger partial charge on any atom is -0.241 e. The van der Waals surface area contributed by atoms with Crippen LogP contribution in [0.15, 0.2) is 12.4 Å². The van der Waals surface area contributed by atoms with Crippen LogP contribution in [0.4, 0.5) is 0 Å². The molecule has 14 heavy (non-hydrogen) atoms. The van der Waals surface area contributed by atoms with Crippen LogP contribution in [0.1, 0.15) is 38.1 Å². The summed E-state index contributed by atoms with van der Waals surface area (Å²) in [5, 5.41) is 0. The average Bonchev–Trinajstić information content (AvgIpc) is 2.18. The van der Waals surface area contributed by atoms with Gasteiger partial charge in [0, 0.05) is 22.6 Å². The van der Waals surface area contributed by atoms with Crippen molar-refractivity contribution in [3.63, 3.8) is 0 Å². The van der Waals surface area contributed by atoms with Crippen LogP contribution in [0.3, 0.4) is 0 Å². The van der Waals surface area contributed by atoms with Crippen molar-refractivity contribution in [2.24, 2.45) is 0 Å². The molecule has 1 atom stereocenters. The summed E-state index contributed by atoms with van der Waals surface area (Å²) >= 11 is 3.66. The van der Waals surface area contributed by atoms with Gasteiger partial charge >= 0.3 is 0 Å². The van der Waals surface area contributed by atoms with Crippen molar-refractivity contribution in [3.05, 3.63) is 23.8 Å². The lowest BCUT2D eigenvalue weighted by Gasteiger charge is -2.07. The Kier molecular flexibility index (Phi) is 5.09. The van der Waals surface area contributed by atoms with Gasteiger partial charge in [0.15, 0.2) is 0 Å². The molecule has 3 heteroatoms. The molecule has 1 unspecified atom stereocenters. The van der Waals surface area contributed by atoms with E-state index in [0.717, 1.165) is 24.2 Å². The Morgan fingerprint density at radius 3 is 2.64 bits per heavy atom. The van der Waals surface area contributed by atoms with Crippen molar-refractivity contribution in [2.75, 3.05) is 0 Å². The SMILES string of the molecule is CCCC(Br)Cc1cc(CC)ncn1. The number of rotatable bonds is 5. The van der Waals surface area contributed by atoms with E-state index < -0.39 is 0 Å². The van der Waals surface area contributed by atoms with Gasteiger partial charge in [-0.1, -0.05) is 36.2 Å². The molecule has 0 amide bonds. The Hall–Kier alpha value is -0.440. The molecule has 0 saturated carbocycles. The smallest absolute Gasteiger partial charge is 0.115 e. The molecule has 1 aromatic heterocycles. The highest BCUT2D eigenvalue weighted by atomic mass is 79.9. The first-order valence-electron chi connectivity index (χ1n) is 5.20. The molecular formula is C11H17BrN2. The van der Waals surface area contributed by atoms with Crippen molar-refractivity contribution < 1.29 is 0 Å². The minimum atomic E-state index is 0.548. The van der Waals surface area contributed by atoms with Gasteiger partial charge < -0.3 is 0 Å². The largest absolute Gasteiger partial charge is 0.241 e. The first kappa shape index (κ1) is 11.6. The fourth-order valence-electron chi connectivity index (χ4n) is 1.39. The summed E-state index contributed by atoms with van der Waals surface area (Å²) in [6.07, 6.45) is 6.06. The lowest BCUT2D eigenvalue weighted by atomic mass is 10.1. The number of hydrogen-bond acceptors (Lipinski definition) is 2. The Labute approximate surface area is 94.3 Å². The average molecular weight is 257 g/mol. The fourth-order valence-corrected chi connectivity index (χ4v) is 2.18. The zero-order valence-electron chi connectivity index (χ0n) is 8.83. The van der Waals surface area contributed by atoms with Crippen LogP contribution in [0.5, 0.6) is 0 Å². The van der Waals surface area contributed by atoms with Crippen LogP contribution in [0.25, 0.3) is 0 Å². The van der Waals surface area contributed by atoms with Gasteiger partial charge in [-0.3, -0.25) is 0 Å². The quantitative estimate of drug-likeness (QED) is 0.757. The summed E-state index contributed by atoms with van der Waals surface area (Å²) in [6.45, 7) is 4.31. The van der Waals surface area contributed by atoms with Crippen LogP contribution in [0, 0.1) is 0 Å². The zero-order chi connectivity index (χ0) is 10.4. The fraction of sp³-hybridized carbons (Fsp3) is 0.636. The molecule has 1 aromatic rings. The highest BCUT2D eigenvalue weighted by Gasteiger charge is 2.05. The summed E-state index contributed by atoms with van der Waals surface area (Å²) in [7, 11) is 0. The Balaban J connectivity index is 2.57. The highest BCUT2D eigenvalue weighted by Crippen LogP contribution is 2.13. The molecule has 0 aliphatic rings. The maximum Gasteiger partial charge on any atom is 0.115 e. The van der Waals surface area contributed by atoms with Gasteiger partial charge in [0.2, 0.25) is 0 Å². The van der Waals surface area contributed by atoms with E-state index in [4.69, 9.17) is 0 Å². The standard InChI is InChI=1S/C11H17BrN2/c1-3-5-9(12)6-11-7-10(4-2)13-8-14-11/h7-9H,3-6H2,1-2H3. The molecular weight excluding hydrogens is 240 g/mol. The molecule has 0 fully saturated rings. The van der Waals surface area contributed by atoms with E-state index in [9.17, 15) is 0 Å². The number of aromatic nitrogens is 2. The number of nitrogens with zero attached hydrogens (tertiary/aromatic N) is 2. The monoisotopic (exact) mass is 256 g/mol. The number of halogens is 1. The lowest BCUT2D eigenvalue weighted by molar-refractivity contribution is 0.730. The first-order valence-corrected chi connectivity index (χ1v) is 6.11. The van der Waals surface area contributed by atoms with Crippen LogP contribution >= 0.6 is 15.9 Å². The maximum absolute atomic E-state index is 4.27. The van der Waals surface area contributed by atoms with Gasteiger partial charge in [0.1, 0.15) is 6.33 Å². The van der Waals surface area contributed by atoms with E-state index in [2.05, 4.69) is 45.8 Å². The number of hydrogen-bond donors (Lipinski definition) is 0. The third-order valence-electron chi connectivity index (χ3n) is 2.18. The van der Waals surface area contributed by atoms with Gasteiger partial charge in [0.05, 0.1) is 0 Å². The van der Waals surface area contributed by atoms with Gasteiger partial charge in [-0.2, -0.15) is 0 Å². The summed E-state index contributed by atoms with van der Waals surface area (Å²) in [6, 6.07) is 2.10. The predicted molar refractivity (Wildman–Crippen MR) is 62.7 cm³/mol. The predicted octanol–water partition coefficient (Wildman–Crippen LogP) is 3.15. The second-order valence-corrected chi connectivity index (χ2v) is 4.74. The molecule has 0 aromatic carbocycles. The molecule has 1 heterocycles. The molecule has 0 aliphatic heterocycles. The molecule has 0 spiro atoms. The summed E-state index contributed by atoms with van der Waals surface area (Å²) in [5.74, 6) is 0. The van der Waals surface area contributed by atoms with E-state index in [1.54, 1.807) is 6.33 Å². The topological polar surface area (TPSA) is 25.8 Å². The second kappa shape index (κ2) is 6.12. The highest BCUT2D eigenvalue weighted by molar-refractivity contribution is 9.09. The first-order chi connectivity index (χ1) is 6.76. The molecule has 78 valence electrons. The summed E-state index contributed by atoms with van der Waals surface area (Å²) in [5.41, 5.74) is 2.28. The van der Waals surface area contributed by atoms with Crippen molar-refractivity contribution in [1.29, 1.82) is 0 Å². The zero-order valence-corrected chi connectivity index (χ0v) is 10.4. The normalized spacial score (nSPS) is 12.8. The molecule has 0 N–H and O–H groups in total. The Morgan fingerprint density at radius 2 is 2.00 bits per heavy atom. The molecule has 1 rings (SSSR count). The van der Waals surface area contributed by atoms with Crippen molar-refractivity contribution >= 4 is 15.9 Å². The molecule has 0 aliphatic carbocycles. The van der Waals surface area contributed by atoms with Gasteiger partial charge in [-0.15, -0.1) is 0 Å². The van der Waals surface area contributed by atoms with Crippen LogP contribution < -0.4 is 0 Å². The van der Waals surface area contributed by atoms with Crippen molar-refractivity contribution in [2.45, 2.75) is 44.4 Å². The van der Waals surface area contributed by atoms with Gasteiger partial charge in [0.25, 0.3) is 0 Å². The molecule has 0 radical (unpaired) electrons. The van der Waals surface area contributed by atoms with Gasteiger partial charge in [-0.25, -0.2) is 9.97 Å². The van der Waals surface area contributed by atoms with Crippen molar-refractivity contribution in [1.82, 2.24) is 9.97 Å². The molecule has 0 bridgehead atoms. The van der Waals surface area contributed by atoms with E-state index in [1.165, 1.54) is 12.8 Å². The third-order valence-corrected chi connectivity index (χ3v) is 2.96. The molecule has 0 saturated heterocycles. The van der Waals surface area contributed by atoms with Gasteiger partial charge in [-0.05, 0) is 18.9 Å². The van der Waals surface area contributed by atoms with E-state index in [0.29, 0.717) is 4.83 Å². The summed E-state index contributed by atoms with van der Waals surface area (Å²) < 4.78 is 0. The van der Waals surface area contributed by atoms with Crippen LogP contribution in [0.2, 0.25) is 0 Å². The molecule has 2 nitrogen and oxygen atoms in total. The van der Waals surface area contributed by atoms with E-state index in [1.807, 2.05) is 0 Å². The second-order valence-electron chi connectivity index (χ2n) is 3.44. The Morgan fingerprint density at radius 1 is 1.29 bits per heavy atom. The van der Waals surface area contributed by atoms with Crippen LogP contribution in [-0.2, 0) is 12.8 Å². The van der Waals surface area contributed by atoms with E-state index >= 15 is 0 Å². The van der Waals surface area contributed by atoms with Crippen LogP contribution in [-0.4, -0.2) is 14.8 Å². The lowest BCUT2D eigenvalue weighted by Crippen LogP contribution is -2.05. The Bertz CT molecular complexity index is 276.